The highest BCUT2D eigenvalue weighted by Gasteiger charge is 2.28. The van der Waals surface area contributed by atoms with Gasteiger partial charge in [-0.05, 0) is 28.1 Å². The Hall–Kier alpha value is -1.63. The maximum atomic E-state index is 11.5. The second kappa shape index (κ2) is 5.05. The summed E-state index contributed by atoms with van der Waals surface area (Å²) in [5.41, 5.74) is 7.04. The number of hydrogen-bond acceptors (Lipinski definition) is 4. The van der Waals surface area contributed by atoms with Crippen molar-refractivity contribution in [3.8, 4) is 11.5 Å². The maximum Gasteiger partial charge on any atom is 0.245 e. The van der Waals surface area contributed by atoms with E-state index in [1.807, 2.05) is 0 Å². The van der Waals surface area contributed by atoms with Gasteiger partial charge in [-0.15, -0.1) is 0 Å². The summed E-state index contributed by atoms with van der Waals surface area (Å²) in [6.07, 6.45) is 3.22. The highest BCUT2D eigenvalue weighted by molar-refractivity contribution is 9.10. The molecule has 3 N–H and O–H groups in total. The quantitative estimate of drug-likeness (QED) is 0.868. The molecule has 3 rings (SSSR count). The first-order valence-electron chi connectivity index (χ1n) is 5.73. The molecule has 1 aliphatic heterocycles. The van der Waals surface area contributed by atoms with Crippen LogP contribution in [-0.4, -0.2) is 10.9 Å². The molecule has 102 valence electrons. The van der Waals surface area contributed by atoms with Gasteiger partial charge in [0, 0.05) is 28.0 Å². The van der Waals surface area contributed by atoms with Gasteiger partial charge >= 0.3 is 0 Å². The van der Waals surface area contributed by atoms with Gasteiger partial charge in [0.2, 0.25) is 5.91 Å². The SMILES string of the molecule is NC1C(=O)Nc2cc(Oc3cncc(Br)c3)c(Cl)cc21. The highest BCUT2D eigenvalue weighted by atomic mass is 79.9. The van der Waals surface area contributed by atoms with Crippen LogP contribution in [0.3, 0.4) is 0 Å². The monoisotopic (exact) mass is 353 g/mol. The van der Waals surface area contributed by atoms with Crippen molar-refractivity contribution >= 4 is 39.1 Å². The Morgan fingerprint density at radius 3 is 2.90 bits per heavy atom. The number of rotatable bonds is 2. The second-order valence-corrected chi connectivity index (χ2v) is 5.60. The maximum absolute atomic E-state index is 11.5. The summed E-state index contributed by atoms with van der Waals surface area (Å²) in [5.74, 6) is 0.715. The number of nitrogens with two attached hydrogens (primary N) is 1. The van der Waals surface area contributed by atoms with Crippen LogP contribution in [0.4, 0.5) is 5.69 Å². The van der Waals surface area contributed by atoms with Gasteiger partial charge in [0.05, 0.1) is 11.2 Å². The van der Waals surface area contributed by atoms with E-state index in [4.69, 9.17) is 22.1 Å². The molecule has 0 spiro atoms. The Labute approximate surface area is 128 Å². The van der Waals surface area contributed by atoms with Gasteiger partial charge in [0.25, 0.3) is 0 Å². The fourth-order valence-electron chi connectivity index (χ4n) is 1.94. The fraction of sp³-hybridized carbons (Fsp3) is 0.0769. The highest BCUT2D eigenvalue weighted by Crippen LogP contribution is 2.39. The molecule has 0 radical (unpaired) electrons. The molecular weight excluding hydrogens is 346 g/mol. The van der Waals surface area contributed by atoms with Crippen molar-refractivity contribution in [2.45, 2.75) is 6.04 Å². The molecule has 0 fully saturated rings. The number of nitrogens with one attached hydrogen (secondary N) is 1. The predicted molar refractivity (Wildman–Crippen MR) is 79.0 cm³/mol. The van der Waals surface area contributed by atoms with Crippen molar-refractivity contribution in [3.05, 3.63) is 45.7 Å². The molecule has 0 bridgehead atoms. The summed E-state index contributed by atoms with van der Waals surface area (Å²) < 4.78 is 6.46. The topological polar surface area (TPSA) is 77.2 Å². The zero-order valence-electron chi connectivity index (χ0n) is 10.1. The average Bonchev–Trinajstić information content (AvgIpc) is 2.66. The number of carbonyl (C=O) groups excluding carboxylic acids is 1. The smallest absolute Gasteiger partial charge is 0.245 e. The van der Waals surface area contributed by atoms with E-state index < -0.39 is 6.04 Å². The van der Waals surface area contributed by atoms with Crippen molar-refractivity contribution in [2.24, 2.45) is 5.73 Å². The summed E-state index contributed by atoms with van der Waals surface area (Å²) >= 11 is 9.47. The molecule has 0 aliphatic carbocycles. The Morgan fingerprint density at radius 2 is 2.15 bits per heavy atom. The van der Waals surface area contributed by atoms with Gasteiger partial charge < -0.3 is 15.8 Å². The molecule has 1 aromatic heterocycles. The van der Waals surface area contributed by atoms with Crippen LogP contribution in [0.1, 0.15) is 11.6 Å². The zero-order chi connectivity index (χ0) is 14.3. The van der Waals surface area contributed by atoms with Crippen LogP contribution in [0.2, 0.25) is 5.02 Å². The molecule has 2 aromatic rings. The largest absolute Gasteiger partial charge is 0.454 e. The van der Waals surface area contributed by atoms with Crippen LogP contribution < -0.4 is 15.8 Å². The number of nitrogens with zero attached hydrogens (tertiary/aromatic N) is 1. The van der Waals surface area contributed by atoms with Crippen molar-refractivity contribution in [2.75, 3.05) is 5.32 Å². The number of anilines is 1. The second-order valence-electron chi connectivity index (χ2n) is 4.28. The van der Waals surface area contributed by atoms with E-state index in [9.17, 15) is 4.79 Å². The Balaban J connectivity index is 1.96. The Kier molecular flexibility index (Phi) is 3.37. The van der Waals surface area contributed by atoms with Crippen molar-refractivity contribution in [1.82, 2.24) is 4.98 Å². The third-order valence-corrected chi connectivity index (χ3v) is 3.62. The number of benzene rings is 1. The summed E-state index contributed by atoms with van der Waals surface area (Å²) in [4.78, 5) is 15.5. The van der Waals surface area contributed by atoms with Crippen LogP contribution in [0, 0.1) is 0 Å². The third-order valence-electron chi connectivity index (χ3n) is 2.89. The van der Waals surface area contributed by atoms with Gasteiger partial charge in [-0.1, -0.05) is 11.6 Å². The lowest BCUT2D eigenvalue weighted by Crippen LogP contribution is -2.19. The lowest BCUT2D eigenvalue weighted by atomic mass is 10.1. The van der Waals surface area contributed by atoms with E-state index in [0.29, 0.717) is 27.8 Å². The van der Waals surface area contributed by atoms with Crippen LogP contribution in [0.5, 0.6) is 11.5 Å². The molecule has 0 saturated heterocycles. The number of aromatic nitrogens is 1. The third kappa shape index (κ3) is 2.37. The normalized spacial score (nSPS) is 16.8. The Morgan fingerprint density at radius 1 is 1.35 bits per heavy atom. The first-order chi connectivity index (χ1) is 9.54. The molecular formula is C13H9BrClN3O2. The summed E-state index contributed by atoms with van der Waals surface area (Å²) in [7, 11) is 0. The number of amides is 1. The van der Waals surface area contributed by atoms with Crippen molar-refractivity contribution in [3.63, 3.8) is 0 Å². The molecule has 2 heterocycles. The fourth-order valence-corrected chi connectivity index (χ4v) is 2.49. The molecule has 1 unspecified atom stereocenters. The van der Waals surface area contributed by atoms with E-state index in [2.05, 4.69) is 26.2 Å². The molecule has 20 heavy (non-hydrogen) atoms. The van der Waals surface area contributed by atoms with Crippen LogP contribution in [0.25, 0.3) is 0 Å². The molecule has 0 saturated carbocycles. The van der Waals surface area contributed by atoms with Crippen LogP contribution in [0.15, 0.2) is 35.1 Å². The van der Waals surface area contributed by atoms with Crippen molar-refractivity contribution < 1.29 is 9.53 Å². The molecule has 1 aliphatic rings. The van der Waals surface area contributed by atoms with Crippen molar-refractivity contribution in [1.29, 1.82) is 0 Å². The molecule has 7 heteroatoms. The lowest BCUT2D eigenvalue weighted by molar-refractivity contribution is -0.116. The van der Waals surface area contributed by atoms with E-state index in [-0.39, 0.29) is 5.91 Å². The number of halogens is 2. The molecule has 1 aromatic carbocycles. The summed E-state index contributed by atoms with van der Waals surface area (Å²) in [6, 6.07) is 4.37. The van der Waals surface area contributed by atoms with E-state index in [1.165, 1.54) is 0 Å². The Bertz CT molecular complexity index is 708. The minimum absolute atomic E-state index is 0.252. The number of pyridine rings is 1. The number of fused-ring (bicyclic) bond motifs is 1. The average molecular weight is 355 g/mol. The van der Waals surface area contributed by atoms with E-state index >= 15 is 0 Å². The van der Waals surface area contributed by atoms with E-state index in [1.54, 1.807) is 30.6 Å². The minimum Gasteiger partial charge on any atom is -0.454 e. The number of carbonyl (C=O) groups is 1. The van der Waals surface area contributed by atoms with Gasteiger partial charge in [0.1, 0.15) is 17.5 Å². The molecule has 1 amide bonds. The first kappa shape index (κ1) is 13.4. The van der Waals surface area contributed by atoms with Gasteiger partial charge in [0.15, 0.2) is 0 Å². The minimum atomic E-state index is -0.691. The first-order valence-corrected chi connectivity index (χ1v) is 6.90. The van der Waals surface area contributed by atoms with Gasteiger partial charge in [-0.25, -0.2) is 0 Å². The summed E-state index contributed by atoms with van der Waals surface area (Å²) in [6.45, 7) is 0. The number of hydrogen-bond donors (Lipinski definition) is 2. The van der Waals surface area contributed by atoms with E-state index in [0.717, 1.165) is 4.47 Å². The summed E-state index contributed by atoms with van der Waals surface area (Å²) in [5, 5.41) is 3.07. The molecule has 1 atom stereocenters. The lowest BCUT2D eigenvalue weighted by Gasteiger charge is -2.10. The molecule has 5 nitrogen and oxygen atoms in total. The predicted octanol–water partition coefficient (Wildman–Crippen LogP) is 3.24. The van der Waals surface area contributed by atoms with Gasteiger partial charge in [-0.2, -0.15) is 0 Å². The van der Waals surface area contributed by atoms with Crippen LogP contribution >= 0.6 is 27.5 Å². The van der Waals surface area contributed by atoms with Crippen LogP contribution in [-0.2, 0) is 4.79 Å². The standard InChI is InChI=1S/C13H9BrClN3O2/c14-6-1-7(5-17-4-6)20-11-3-10-8(2-9(11)15)12(16)13(19)18-10/h1-5,12H,16H2,(H,18,19). The zero-order valence-corrected chi connectivity index (χ0v) is 12.4. The van der Waals surface area contributed by atoms with Gasteiger partial charge in [-0.3, -0.25) is 9.78 Å². The number of ether oxygens (including phenoxy) is 1.